The molecule has 188 valence electrons. The lowest BCUT2D eigenvalue weighted by molar-refractivity contribution is 0.111. The van der Waals surface area contributed by atoms with Crippen LogP contribution in [-0.2, 0) is 0 Å². The number of nitrogens with one attached hydrogen (secondary N) is 1. The molecular formula is C30H32N6O. The van der Waals surface area contributed by atoms with E-state index in [0.717, 1.165) is 59.6 Å². The van der Waals surface area contributed by atoms with Crippen molar-refractivity contribution in [2.75, 3.05) is 5.32 Å². The van der Waals surface area contributed by atoms with Gasteiger partial charge in [0.2, 0.25) is 0 Å². The highest BCUT2D eigenvalue weighted by atomic mass is 16.3. The Hall–Kier alpha value is -3.76. The van der Waals surface area contributed by atoms with Crippen LogP contribution in [-0.4, -0.2) is 30.7 Å². The molecule has 0 atom stereocenters. The van der Waals surface area contributed by atoms with Crippen molar-refractivity contribution in [3.05, 3.63) is 65.6 Å². The van der Waals surface area contributed by atoms with E-state index < -0.39 is 0 Å². The molecule has 3 aromatic heterocycles. The van der Waals surface area contributed by atoms with E-state index in [4.69, 9.17) is 9.97 Å². The molecular weight excluding hydrogens is 460 g/mol. The number of aliphatic hydroxyl groups excluding tert-OH is 1. The minimum absolute atomic E-state index is 0.187. The van der Waals surface area contributed by atoms with Crippen LogP contribution in [0.3, 0.4) is 0 Å². The first-order valence-corrected chi connectivity index (χ1v) is 13.3. The zero-order valence-electron chi connectivity index (χ0n) is 21.4. The number of imidazole rings is 1. The predicted octanol–water partition coefficient (Wildman–Crippen LogP) is 6.59. The smallest absolute Gasteiger partial charge is 0.132 e. The predicted molar refractivity (Wildman–Crippen MR) is 145 cm³/mol. The maximum Gasteiger partial charge on any atom is 0.132 e. The number of fused-ring (bicyclic) bond motifs is 1. The lowest BCUT2D eigenvalue weighted by Gasteiger charge is -2.29. The molecule has 6 rings (SSSR count). The SMILES string of the molecule is CC(C)c1nc2ccc(-c3cc(C4CC4)cc(Nc4cc(C#N)ccn4)n3)cc2n1C1CCC(O)CC1. The molecule has 0 aliphatic heterocycles. The second-order valence-electron chi connectivity index (χ2n) is 10.8. The minimum atomic E-state index is -0.187. The Balaban J connectivity index is 1.42. The molecule has 2 aliphatic rings. The average Bonchev–Trinajstić information content (AvgIpc) is 3.69. The molecule has 7 nitrogen and oxygen atoms in total. The van der Waals surface area contributed by atoms with Crippen LogP contribution in [0.25, 0.3) is 22.3 Å². The first-order chi connectivity index (χ1) is 18.0. The van der Waals surface area contributed by atoms with Crippen molar-refractivity contribution < 1.29 is 5.11 Å². The molecule has 2 fully saturated rings. The quantitative estimate of drug-likeness (QED) is 0.315. The lowest BCUT2D eigenvalue weighted by atomic mass is 9.92. The fraction of sp³-hybridized carbons (Fsp3) is 0.400. The van der Waals surface area contributed by atoms with Gasteiger partial charge in [-0.2, -0.15) is 5.26 Å². The van der Waals surface area contributed by atoms with E-state index in [1.165, 1.54) is 18.4 Å². The fourth-order valence-corrected chi connectivity index (χ4v) is 5.49. The van der Waals surface area contributed by atoms with Gasteiger partial charge < -0.3 is 15.0 Å². The topological polar surface area (TPSA) is 99.7 Å². The van der Waals surface area contributed by atoms with E-state index in [1.807, 2.05) is 0 Å². The van der Waals surface area contributed by atoms with Gasteiger partial charge in [0.05, 0.1) is 34.5 Å². The van der Waals surface area contributed by atoms with Crippen LogP contribution in [0.15, 0.2) is 48.7 Å². The number of hydrogen-bond acceptors (Lipinski definition) is 6. The molecule has 0 radical (unpaired) electrons. The van der Waals surface area contributed by atoms with Gasteiger partial charge in [-0.15, -0.1) is 0 Å². The van der Waals surface area contributed by atoms with Crippen LogP contribution in [0, 0.1) is 11.3 Å². The number of pyridine rings is 2. The molecule has 0 saturated heterocycles. The van der Waals surface area contributed by atoms with Gasteiger partial charge in [0.15, 0.2) is 0 Å². The Kier molecular flexibility index (Phi) is 6.13. The van der Waals surface area contributed by atoms with Crippen LogP contribution in [0.4, 0.5) is 11.6 Å². The molecule has 0 bridgehead atoms. The van der Waals surface area contributed by atoms with Crippen molar-refractivity contribution in [2.45, 2.75) is 76.4 Å². The summed E-state index contributed by atoms with van der Waals surface area (Å²) < 4.78 is 2.43. The van der Waals surface area contributed by atoms with E-state index in [2.05, 4.69) is 65.1 Å². The highest BCUT2D eigenvalue weighted by molar-refractivity contribution is 5.83. The summed E-state index contributed by atoms with van der Waals surface area (Å²) in [7, 11) is 0. The summed E-state index contributed by atoms with van der Waals surface area (Å²) in [5.74, 6) is 3.33. The number of rotatable bonds is 6. The lowest BCUT2D eigenvalue weighted by Crippen LogP contribution is -2.22. The van der Waals surface area contributed by atoms with E-state index in [1.54, 1.807) is 18.3 Å². The fourth-order valence-electron chi connectivity index (χ4n) is 5.49. The van der Waals surface area contributed by atoms with Crippen LogP contribution >= 0.6 is 0 Å². The number of nitrogens with zero attached hydrogens (tertiary/aromatic N) is 5. The molecule has 0 spiro atoms. The molecule has 4 aromatic rings. The normalized spacial score (nSPS) is 19.8. The second-order valence-corrected chi connectivity index (χ2v) is 10.8. The summed E-state index contributed by atoms with van der Waals surface area (Å²) in [6.07, 6.45) is 7.45. The number of hydrogen-bond donors (Lipinski definition) is 2. The third kappa shape index (κ3) is 4.82. The molecule has 7 heteroatoms. The van der Waals surface area contributed by atoms with Gasteiger partial charge in [-0.3, -0.25) is 0 Å². The number of anilines is 2. The Bertz CT molecular complexity index is 1490. The highest BCUT2D eigenvalue weighted by Gasteiger charge is 2.27. The summed E-state index contributed by atoms with van der Waals surface area (Å²) in [6.45, 7) is 4.40. The maximum absolute atomic E-state index is 10.1. The Morgan fingerprint density at radius 2 is 1.78 bits per heavy atom. The van der Waals surface area contributed by atoms with Crippen LogP contribution < -0.4 is 5.32 Å². The van der Waals surface area contributed by atoms with E-state index in [-0.39, 0.29) is 6.10 Å². The first-order valence-electron chi connectivity index (χ1n) is 13.3. The Morgan fingerprint density at radius 1 is 0.973 bits per heavy atom. The number of aromatic nitrogens is 4. The summed E-state index contributed by atoms with van der Waals surface area (Å²) in [6, 6.07) is 16.7. The van der Waals surface area contributed by atoms with Gasteiger partial charge in [-0.1, -0.05) is 19.9 Å². The van der Waals surface area contributed by atoms with Crippen LogP contribution in [0.2, 0.25) is 0 Å². The standard InChI is InChI=1S/C30H32N6O/c1-18(2)30-34-25-10-5-21(15-27(25)36(30)23-6-8-24(37)9-7-23)26-14-22(20-3-4-20)16-29(33-26)35-28-13-19(17-31)11-12-32-28/h5,10-16,18,20,23-24,37H,3-4,6-9H2,1-2H3,(H,32,33,35). The number of aliphatic hydroxyl groups is 1. The van der Waals surface area contributed by atoms with Gasteiger partial charge in [0, 0.05) is 23.7 Å². The second kappa shape index (κ2) is 9.60. The molecule has 37 heavy (non-hydrogen) atoms. The van der Waals surface area contributed by atoms with Crippen molar-refractivity contribution in [3.63, 3.8) is 0 Å². The number of benzene rings is 1. The van der Waals surface area contributed by atoms with Gasteiger partial charge in [0.25, 0.3) is 0 Å². The average molecular weight is 493 g/mol. The van der Waals surface area contributed by atoms with Gasteiger partial charge in [0.1, 0.15) is 17.5 Å². The Labute approximate surface area is 217 Å². The summed E-state index contributed by atoms with van der Waals surface area (Å²) in [4.78, 5) is 14.4. The summed E-state index contributed by atoms with van der Waals surface area (Å²) in [5, 5.41) is 22.7. The van der Waals surface area contributed by atoms with Gasteiger partial charge >= 0.3 is 0 Å². The third-order valence-electron chi connectivity index (χ3n) is 7.60. The maximum atomic E-state index is 10.1. The molecule has 2 aliphatic carbocycles. The van der Waals surface area contributed by atoms with E-state index >= 15 is 0 Å². The third-order valence-corrected chi connectivity index (χ3v) is 7.60. The summed E-state index contributed by atoms with van der Waals surface area (Å²) in [5.41, 5.74) is 5.96. The zero-order valence-corrected chi connectivity index (χ0v) is 21.4. The number of nitriles is 1. The molecule has 3 heterocycles. The minimum Gasteiger partial charge on any atom is -0.393 e. The van der Waals surface area contributed by atoms with Crippen molar-refractivity contribution in [1.82, 2.24) is 19.5 Å². The van der Waals surface area contributed by atoms with E-state index in [9.17, 15) is 10.4 Å². The van der Waals surface area contributed by atoms with Gasteiger partial charge in [-0.05, 0) is 86.4 Å². The molecule has 1 aromatic carbocycles. The first kappa shape index (κ1) is 23.6. The molecule has 2 N–H and O–H groups in total. The highest BCUT2D eigenvalue weighted by Crippen LogP contribution is 2.42. The van der Waals surface area contributed by atoms with E-state index in [0.29, 0.717) is 29.3 Å². The van der Waals surface area contributed by atoms with Gasteiger partial charge in [-0.25, -0.2) is 15.0 Å². The van der Waals surface area contributed by atoms with Crippen LogP contribution in [0.5, 0.6) is 0 Å². The molecule has 2 saturated carbocycles. The van der Waals surface area contributed by atoms with Crippen molar-refractivity contribution >= 4 is 22.7 Å². The van der Waals surface area contributed by atoms with Crippen LogP contribution in [0.1, 0.15) is 87.2 Å². The van der Waals surface area contributed by atoms with Crippen molar-refractivity contribution in [2.24, 2.45) is 0 Å². The zero-order chi connectivity index (χ0) is 25.5. The molecule has 0 unspecified atom stereocenters. The summed E-state index contributed by atoms with van der Waals surface area (Å²) >= 11 is 0. The largest absolute Gasteiger partial charge is 0.393 e. The molecule has 0 amide bonds. The Morgan fingerprint density at radius 3 is 2.51 bits per heavy atom. The van der Waals surface area contributed by atoms with Crippen molar-refractivity contribution in [3.8, 4) is 17.3 Å². The monoisotopic (exact) mass is 492 g/mol. The van der Waals surface area contributed by atoms with Crippen molar-refractivity contribution in [1.29, 1.82) is 5.26 Å².